The molecule has 13 heteroatoms. The standard InChI is InChI=1S/C32H34ClF2N6O3S/c1-3-27(42)39-10-11-40(19(2)14-39)31-24-13-25(33)28(23-5-4-20(34)12-26(23)35)30-29(24)41(32(43)36-31)21(18-45-30)15-37-6-8-38(9-7-37)22-16-44-17-22/h3-5,12-13,19,22H,1,6-11,14-18H2,2H3/q+1. The fourth-order valence-corrected chi connectivity index (χ4v) is 8.41. The first-order chi connectivity index (χ1) is 21.7. The number of carbonyl (C=O) groups is 2. The highest BCUT2D eigenvalue weighted by Gasteiger charge is 2.45. The quantitative estimate of drug-likeness (QED) is 0.355. The Morgan fingerprint density at radius 2 is 1.93 bits per heavy atom. The van der Waals surface area contributed by atoms with Crippen LogP contribution in [0.2, 0.25) is 5.02 Å². The minimum atomic E-state index is -0.725. The molecule has 7 rings (SSSR count). The lowest BCUT2D eigenvalue weighted by atomic mass is 9.98. The second-order valence-corrected chi connectivity index (χ2v) is 13.4. The maximum atomic E-state index is 15.2. The van der Waals surface area contributed by atoms with Crippen molar-refractivity contribution in [3.63, 3.8) is 0 Å². The predicted molar refractivity (Wildman–Crippen MR) is 170 cm³/mol. The number of halogens is 3. The molecule has 0 aromatic heterocycles. The molecule has 5 heterocycles. The highest BCUT2D eigenvalue weighted by molar-refractivity contribution is 8.00. The van der Waals surface area contributed by atoms with Gasteiger partial charge in [0.15, 0.2) is 5.69 Å². The van der Waals surface area contributed by atoms with Crippen LogP contribution in [0.4, 0.5) is 19.3 Å². The zero-order chi connectivity index (χ0) is 31.4. The van der Waals surface area contributed by atoms with E-state index in [1.165, 1.54) is 30.0 Å². The minimum Gasteiger partial charge on any atom is -0.378 e. The number of amidine groups is 1. The Hall–Kier alpha value is -3.16. The smallest absolute Gasteiger partial charge is 0.378 e. The molecule has 1 atom stereocenters. The lowest BCUT2D eigenvalue weighted by molar-refractivity contribution is -0.337. The highest BCUT2D eigenvalue weighted by Crippen LogP contribution is 2.49. The maximum absolute atomic E-state index is 15.2. The van der Waals surface area contributed by atoms with Crippen LogP contribution in [0, 0.1) is 11.6 Å². The Kier molecular flexibility index (Phi) is 8.28. The minimum absolute atomic E-state index is 0.138. The van der Waals surface area contributed by atoms with Crippen LogP contribution in [0.15, 0.2) is 46.8 Å². The topological polar surface area (TPSA) is 71.7 Å². The summed E-state index contributed by atoms with van der Waals surface area (Å²) in [4.78, 5) is 40.3. The van der Waals surface area contributed by atoms with Gasteiger partial charge in [-0.25, -0.2) is 8.78 Å². The number of benzene rings is 2. The van der Waals surface area contributed by atoms with Gasteiger partial charge in [0, 0.05) is 74.0 Å². The third-order valence-electron chi connectivity index (χ3n) is 9.30. The largest absolute Gasteiger partial charge is 0.546 e. The van der Waals surface area contributed by atoms with E-state index in [1.54, 1.807) is 15.5 Å². The van der Waals surface area contributed by atoms with E-state index in [0.29, 0.717) is 65.5 Å². The van der Waals surface area contributed by atoms with Gasteiger partial charge < -0.3 is 14.5 Å². The molecule has 0 saturated carbocycles. The van der Waals surface area contributed by atoms with Crippen molar-refractivity contribution in [2.75, 3.05) is 71.3 Å². The van der Waals surface area contributed by atoms with E-state index in [9.17, 15) is 14.0 Å². The summed E-state index contributed by atoms with van der Waals surface area (Å²) in [5, 5.41) is 0.288. The summed E-state index contributed by atoms with van der Waals surface area (Å²) in [5.74, 6) is -0.567. The lowest BCUT2D eigenvalue weighted by Crippen LogP contribution is -2.57. The van der Waals surface area contributed by atoms with Gasteiger partial charge in [-0.1, -0.05) is 18.2 Å². The zero-order valence-corrected chi connectivity index (χ0v) is 26.5. The van der Waals surface area contributed by atoms with Crippen molar-refractivity contribution in [2.45, 2.75) is 23.9 Å². The average molecular weight is 656 g/mol. The number of piperazine rings is 2. The molecule has 2 aromatic rings. The van der Waals surface area contributed by atoms with E-state index in [1.807, 2.05) is 11.8 Å². The molecular weight excluding hydrogens is 622 g/mol. The van der Waals surface area contributed by atoms with Crippen LogP contribution in [-0.4, -0.2) is 131 Å². The first kappa shape index (κ1) is 30.5. The van der Waals surface area contributed by atoms with Gasteiger partial charge in [0.05, 0.1) is 47.0 Å². The third kappa shape index (κ3) is 5.50. The van der Waals surface area contributed by atoms with Crippen molar-refractivity contribution in [3.8, 4) is 11.1 Å². The maximum Gasteiger partial charge on any atom is 0.546 e. The molecule has 0 radical (unpaired) electrons. The molecule has 3 amide bonds. The number of urea groups is 1. The fourth-order valence-electron chi connectivity index (χ4n) is 6.82. The van der Waals surface area contributed by atoms with Crippen LogP contribution in [-0.2, 0) is 9.53 Å². The Labute approximate surface area is 269 Å². The molecular formula is C32H34ClF2N6O3S+. The summed E-state index contributed by atoms with van der Waals surface area (Å²) in [6, 6.07) is 5.13. The summed E-state index contributed by atoms with van der Waals surface area (Å²) in [5.41, 5.74) is 2.82. The van der Waals surface area contributed by atoms with Crippen molar-refractivity contribution in [1.29, 1.82) is 0 Å². The van der Waals surface area contributed by atoms with Gasteiger partial charge in [0.2, 0.25) is 5.91 Å². The van der Waals surface area contributed by atoms with Gasteiger partial charge in [-0.3, -0.25) is 14.6 Å². The van der Waals surface area contributed by atoms with Gasteiger partial charge in [0.25, 0.3) is 5.84 Å². The zero-order valence-electron chi connectivity index (χ0n) is 25.0. The molecule has 5 aliphatic rings. The van der Waals surface area contributed by atoms with E-state index in [2.05, 4.69) is 21.4 Å². The van der Waals surface area contributed by atoms with E-state index in [0.717, 1.165) is 51.2 Å². The van der Waals surface area contributed by atoms with E-state index >= 15 is 4.39 Å². The fraction of sp³-hybridized carbons (Fsp3) is 0.438. The molecule has 3 saturated heterocycles. The Morgan fingerprint density at radius 1 is 1.16 bits per heavy atom. The number of ether oxygens (including phenoxy) is 1. The normalized spacial score (nSPS) is 22.7. The monoisotopic (exact) mass is 655 g/mol. The van der Waals surface area contributed by atoms with Gasteiger partial charge in [-0.2, -0.15) is 9.37 Å². The Balaban J connectivity index is 1.29. The van der Waals surface area contributed by atoms with Gasteiger partial charge in [-0.15, -0.1) is 11.8 Å². The van der Waals surface area contributed by atoms with Gasteiger partial charge in [-0.05, 0) is 31.2 Å². The average Bonchev–Trinajstić information content (AvgIpc) is 2.99. The SMILES string of the molecule is C=CC(=O)N1CCN(C2=NC(=O)[N+]3=C(CN4CCN(C5COC5)CC4)CSc4c(-c5ccc(F)cc5F)c(Cl)cc2c43)C(C)C1. The number of carbonyl (C=O) groups excluding carboxylic acids is 2. The van der Waals surface area contributed by atoms with Crippen LogP contribution in [0.1, 0.15) is 12.5 Å². The van der Waals surface area contributed by atoms with Gasteiger partial charge in [0.1, 0.15) is 17.3 Å². The Morgan fingerprint density at radius 3 is 2.60 bits per heavy atom. The number of nitrogens with zero attached hydrogens (tertiary/aromatic N) is 6. The number of hydrogen-bond acceptors (Lipinski definition) is 7. The van der Waals surface area contributed by atoms with Crippen molar-refractivity contribution < 1.29 is 27.7 Å². The molecule has 9 nitrogen and oxygen atoms in total. The molecule has 0 spiro atoms. The molecule has 45 heavy (non-hydrogen) atoms. The van der Waals surface area contributed by atoms with Gasteiger partial charge >= 0.3 is 6.03 Å². The van der Waals surface area contributed by atoms with E-state index < -0.39 is 17.7 Å². The first-order valence-electron chi connectivity index (χ1n) is 15.2. The second-order valence-electron chi connectivity index (χ2n) is 12.0. The Bertz CT molecular complexity index is 1660. The van der Waals surface area contributed by atoms with E-state index in [-0.39, 0.29) is 22.5 Å². The molecule has 0 aliphatic carbocycles. The predicted octanol–water partition coefficient (Wildman–Crippen LogP) is 4.09. The summed E-state index contributed by atoms with van der Waals surface area (Å²) in [6.45, 7) is 12.7. The third-order valence-corrected chi connectivity index (χ3v) is 10.8. The molecule has 2 aromatic carbocycles. The lowest BCUT2D eigenvalue weighted by Gasteiger charge is -2.42. The number of aliphatic imine (C=N–C) groups is 1. The summed E-state index contributed by atoms with van der Waals surface area (Å²) in [7, 11) is 0. The summed E-state index contributed by atoms with van der Waals surface area (Å²) >= 11 is 8.44. The number of amides is 3. The van der Waals surface area contributed by atoms with E-state index in [4.69, 9.17) is 16.3 Å². The summed E-state index contributed by atoms with van der Waals surface area (Å²) in [6.07, 6.45) is 1.31. The van der Waals surface area contributed by atoms with Crippen molar-refractivity contribution in [1.82, 2.24) is 19.6 Å². The molecule has 0 N–H and O–H groups in total. The molecule has 5 aliphatic heterocycles. The first-order valence-corrected chi connectivity index (χ1v) is 16.5. The summed E-state index contributed by atoms with van der Waals surface area (Å²) < 4.78 is 36.2. The number of hydrogen-bond donors (Lipinski definition) is 0. The van der Waals surface area contributed by atoms with Crippen LogP contribution in [0.25, 0.3) is 11.1 Å². The number of thioether (sulfide) groups is 1. The molecule has 1 unspecified atom stereocenters. The second kappa shape index (κ2) is 12.2. The van der Waals surface area contributed by atoms with Crippen molar-refractivity contribution >= 4 is 52.5 Å². The van der Waals surface area contributed by atoms with Crippen LogP contribution >= 0.6 is 23.4 Å². The number of rotatable bonds is 5. The van der Waals surface area contributed by atoms with Crippen LogP contribution < -0.4 is 0 Å². The molecule has 236 valence electrons. The molecule has 3 fully saturated rings. The highest BCUT2D eigenvalue weighted by atomic mass is 35.5. The molecule has 0 bridgehead atoms. The van der Waals surface area contributed by atoms with Crippen LogP contribution in [0.5, 0.6) is 0 Å². The van der Waals surface area contributed by atoms with Crippen LogP contribution in [0.3, 0.4) is 0 Å². The van der Waals surface area contributed by atoms with Crippen molar-refractivity contribution in [3.05, 3.63) is 59.1 Å². The van der Waals surface area contributed by atoms with Crippen molar-refractivity contribution in [2.24, 2.45) is 4.99 Å².